The molecule has 1 nitrogen and oxygen atoms in total. The zero-order chi connectivity index (χ0) is 17.9. The van der Waals surface area contributed by atoms with Gasteiger partial charge in [0.05, 0.1) is 11.7 Å². The quantitative estimate of drug-likeness (QED) is 0.675. The minimum Gasteiger partial charge on any atom is -0.308 e. The molecule has 2 heteroatoms. The highest BCUT2D eigenvalue weighted by molar-refractivity contribution is 7.95. The van der Waals surface area contributed by atoms with Gasteiger partial charge in [0.1, 0.15) is 23.2 Å². The monoisotopic (exact) mass is 360 g/mol. The van der Waals surface area contributed by atoms with Crippen molar-refractivity contribution in [3.63, 3.8) is 0 Å². The van der Waals surface area contributed by atoms with Crippen molar-refractivity contribution in [2.24, 2.45) is 0 Å². The molecule has 1 atom stereocenters. The number of hydrogen-bond acceptors (Lipinski definition) is 1. The number of hydrogen-bond donors (Lipinski definition) is 1. The van der Waals surface area contributed by atoms with Crippen LogP contribution in [0.25, 0.3) is 0 Å². The largest absolute Gasteiger partial charge is 0.308 e. The zero-order valence-electron chi connectivity index (χ0n) is 15.4. The van der Waals surface area contributed by atoms with Crippen LogP contribution in [0.4, 0.5) is 0 Å². The van der Waals surface area contributed by atoms with Gasteiger partial charge in [-0.15, -0.1) is 0 Å². The summed E-state index contributed by atoms with van der Waals surface area (Å²) in [5.41, 5.74) is 0.190. The highest BCUT2D eigenvalue weighted by atomic mass is 31.2. The van der Waals surface area contributed by atoms with E-state index < -0.39 is 7.26 Å². The Bertz CT molecular complexity index is 727. The third-order valence-electron chi connectivity index (χ3n) is 5.63. The van der Waals surface area contributed by atoms with Crippen LogP contribution in [0.3, 0.4) is 0 Å². The van der Waals surface area contributed by atoms with Crippen molar-refractivity contribution in [3.05, 3.63) is 91.0 Å². The number of nitrogens with one attached hydrogen (secondary N) is 1. The smallest absolute Gasteiger partial charge is 0.113 e. The van der Waals surface area contributed by atoms with Crippen LogP contribution in [-0.4, -0.2) is 18.2 Å². The highest BCUT2D eigenvalue weighted by Gasteiger charge is 2.50. The highest BCUT2D eigenvalue weighted by Crippen LogP contribution is 2.58. The maximum Gasteiger partial charge on any atom is 0.113 e. The van der Waals surface area contributed by atoms with E-state index >= 15 is 0 Å². The Morgan fingerprint density at radius 2 is 1.15 bits per heavy atom. The van der Waals surface area contributed by atoms with E-state index in [0.717, 1.165) is 12.7 Å². The van der Waals surface area contributed by atoms with E-state index in [-0.39, 0.29) is 5.54 Å². The Balaban J connectivity index is 1.97. The molecule has 0 bridgehead atoms. The minimum atomic E-state index is -1.73. The van der Waals surface area contributed by atoms with E-state index in [1.165, 1.54) is 28.8 Å². The fourth-order valence-corrected chi connectivity index (χ4v) is 9.19. The zero-order valence-corrected chi connectivity index (χ0v) is 16.3. The maximum absolute atomic E-state index is 3.83. The van der Waals surface area contributed by atoms with Crippen molar-refractivity contribution in [2.75, 3.05) is 12.7 Å². The Morgan fingerprint density at radius 1 is 0.731 bits per heavy atom. The molecule has 1 fully saturated rings. The Kier molecular flexibility index (Phi) is 4.94. The molecule has 132 valence electrons. The van der Waals surface area contributed by atoms with E-state index in [1.807, 2.05) is 0 Å². The van der Waals surface area contributed by atoms with Gasteiger partial charge in [-0.2, -0.15) is 0 Å². The molecule has 4 rings (SSSR count). The fraction of sp³-hybridized carbons (Fsp3) is 0.250. The van der Waals surface area contributed by atoms with Crippen LogP contribution in [0.15, 0.2) is 91.0 Å². The topological polar surface area (TPSA) is 12.0 Å². The number of benzene rings is 3. The molecular formula is C24H27NP+. The molecule has 0 saturated carbocycles. The summed E-state index contributed by atoms with van der Waals surface area (Å²) in [5.74, 6) is 0. The second kappa shape index (κ2) is 7.35. The molecule has 0 aliphatic carbocycles. The van der Waals surface area contributed by atoms with E-state index in [4.69, 9.17) is 0 Å². The normalized spacial score (nSPS) is 20.2. The fourth-order valence-electron chi connectivity index (χ4n) is 4.38. The summed E-state index contributed by atoms with van der Waals surface area (Å²) in [7, 11) is -1.73. The van der Waals surface area contributed by atoms with Crippen molar-refractivity contribution in [1.82, 2.24) is 5.32 Å². The SMILES string of the molecule is CC1(C[P+](c2ccccc2)(c2ccccc2)c2ccccc2)CCCN1. The molecule has 1 aliphatic heterocycles. The summed E-state index contributed by atoms with van der Waals surface area (Å²) >= 11 is 0. The first-order chi connectivity index (χ1) is 12.7. The van der Waals surface area contributed by atoms with Gasteiger partial charge in [0.15, 0.2) is 0 Å². The summed E-state index contributed by atoms with van der Waals surface area (Å²) in [5, 5.41) is 8.26. The first-order valence-electron chi connectivity index (χ1n) is 9.53. The van der Waals surface area contributed by atoms with Crippen LogP contribution in [0.5, 0.6) is 0 Å². The van der Waals surface area contributed by atoms with Gasteiger partial charge in [-0.05, 0) is 62.7 Å². The third kappa shape index (κ3) is 3.22. The molecule has 26 heavy (non-hydrogen) atoms. The van der Waals surface area contributed by atoms with Crippen LogP contribution < -0.4 is 21.2 Å². The lowest BCUT2D eigenvalue weighted by Gasteiger charge is -2.35. The molecule has 1 aliphatic rings. The first-order valence-corrected chi connectivity index (χ1v) is 11.5. The lowest BCUT2D eigenvalue weighted by Crippen LogP contribution is -2.47. The summed E-state index contributed by atoms with van der Waals surface area (Å²) in [6.45, 7) is 3.55. The average molecular weight is 360 g/mol. The average Bonchev–Trinajstić information content (AvgIpc) is 3.14. The van der Waals surface area contributed by atoms with Crippen molar-refractivity contribution in [2.45, 2.75) is 25.3 Å². The Labute approximate surface area is 157 Å². The summed E-state index contributed by atoms with van der Waals surface area (Å²) in [6.07, 6.45) is 3.69. The Hall–Kier alpha value is -1.95. The first kappa shape index (κ1) is 17.5. The molecule has 0 spiro atoms. The van der Waals surface area contributed by atoms with Gasteiger partial charge in [-0.3, -0.25) is 0 Å². The lowest BCUT2D eigenvalue weighted by molar-refractivity contribution is 0.467. The van der Waals surface area contributed by atoms with Gasteiger partial charge in [0, 0.05) is 0 Å². The van der Waals surface area contributed by atoms with E-state index in [1.54, 1.807) is 0 Å². The van der Waals surface area contributed by atoms with Gasteiger partial charge in [0.2, 0.25) is 0 Å². The Morgan fingerprint density at radius 3 is 1.50 bits per heavy atom. The van der Waals surface area contributed by atoms with E-state index in [9.17, 15) is 0 Å². The van der Waals surface area contributed by atoms with Gasteiger partial charge in [-0.1, -0.05) is 54.6 Å². The predicted molar refractivity (Wildman–Crippen MR) is 116 cm³/mol. The maximum atomic E-state index is 3.83. The number of rotatable bonds is 5. The van der Waals surface area contributed by atoms with E-state index in [0.29, 0.717) is 0 Å². The molecule has 1 unspecified atom stereocenters. The summed E-state index contributed by atoms with van der Waals surface area (Å²) in [4.78, 5) is 0. The van der Waals surface area contributed by atoms with Gasteiger partial charge in [0.25, 0.3) is 0 Å². The van der Waals surface area contributed by atoms with E-state index in [2.05, 4.69) is 103 Å². The standard InChI is InChI=1S/C24H27NP/c1-24(18-11-19-25-24)20-26(21-12-5-2-6-13-21,22-14-7-3-8-15-22)23-16-9-4-10-17-23/h2-10,12-17,25H,11,18-20H2,1H3/q+1. The van der Waals surface area contributed by atoms with Gasteiger partial charge < -0.3 is 5.32 Å². The van der Waals surface area contributed by atoms with Crippen molar-refractivity contribution in [3.8, 4) is 0 Å². The second-order valence-corrected chi connectivity index (χ2v) is 11.1. The van der Waals surface area contributed by atoms with Gasteiger partial charge >= 0.3 is 0 Å². The predicted octanol–water partition coefficient (Wildman–Crippen LogP) is 4.12. The lowest BCUT2D eigenvalue weighted by atomic mass is 10.0. The molecular weight excluding hydrogens is 333 g/mol. The van der Waals surface area contributed by atoms with Crippen LogP contribution in [-0.2, 0) is 0 Å². The molecule has 1 N–H and O–H groups in total. The van der Waals surface area contributed by atoms with Crippen LogP contribution in [0.1, 0.15) is 19.8 Å². The van der Waals surface area contributed by atoms with Crippen molar-refractivity contribution >= 4 is 23.2 Å². The molecule has 3 aromatic rings. The van der Waals surface area contributed by atoms with Crippen LogP contribution in [0.2, 0.25) is 0 Å². The molecule has 1 saturated heterocycles. The van der Waals surface area contributed by atoms with Crippen molar-refractivity contribution < 1.29 is 0 Å². The molecule has 3 aromatic carbocycles. The molecule has 0 aromatic heterocycles. The summed E-state index contributed by atoms with van der Waals surface area (Å²) in [6, 6.07) is 33.6. The molecule has 1 heterocycles. The molecule has 0 radical (unpaired) electrons. The van der Waals surface area contributed by atoms with Gasteiger partial charge in [-0.25, -0.2) is 0 Å². The minimum absolute atomic E-state index is 0.190. The summed E-state index contributed by atoms with van der Waals surface area (Å²) < 4.78 is 0. The third-order valence-corrected chi connectivity index (χ3v) is 10.3. The second-order valence-electron chi connectivity index (χ2n) is 7.57. The van der Waals surface area contributed by atoms with Crippen molar-refractivity contribution in [1.29, 1.82) is 0 Å². The van der Waals surface area contributed by atoms with Crippen LogP contribution >= 0.6 is 7.26 Å². The van der Waals surface area contributed by atoms with Crippen LogP contribution in [0, 0.1) is 0 Å². The molecule has 0 amide bonds.